The molecule has 2 atom stereocenters. The maximum atomic E-state index is 9.79. The van der Waals surface area contributed by atoms with Crippen molar-refractivity contribution in [1.29, 1.82) is 0 Å². The summed E-state index contributed by atoms with van der Waals surface area (Å²) in [6, 6.07) is 11.9. The molecule has 2 rings (SSSR count). The molecule has 1 N–H and O–H groups in total. The fourth-order valence-electron chi connectivity index (χ4n) is 2.26. The fraction of sp³-hybridized carbons (Fsp3) is 0.353. The lowest BCUT2D eigenvalue weighted by molar-refractivity contribution is 0.169. The molecule has 0 radical (unpaired) electrons. The Morgan fingerprint density at radius 3 is 2.52 bits per heavy atom. The Morgan fingerprint density at radius 1 is 1.24 bits per heavy atom. The maximum absolute atomic E-state index is 9.79. The van der Waals surface area contributed by atoms with Crippen LogP contribution in [-0.4, -0.2) is 17.1 Å². The van der Waals surface area contributed by atoms with Gasteiger partial charge in [-0.2, -0.15) is 0 Å². The van der Waals surface area contributed by atoms with Crippen molar-refractivity contribution >= 4 is 17.3 Å². The second-order valence-electron chi connectivity index (χ2n) is 5.17. The topological polar surface area (TPSA) is 36.4 Å². The molecule has 0 fully saturated rings. The summed E-state index contributed by atoms with van der Waals surface area (Å²) < 4.78 is 0. The lowest BCUT2D eigenvalue weighted by Crippen LogP contribution is -2.22. The number of benzene rings is 1. The Labute approximate surface area is 131 Å². The van der Waals surface area contributed by atoms with E-state index in [0.717, 1.165) is 16.3 Å². The van der Waals surface area contributed by atoms with Gasteiger partial charge in [-0.15, -0.1) is 0 Å². The molecule has 0 bridgehead atoms. The zero-order chi connectivity index (χ0) is 15.4. The van der Waals surface area contributed by atoms with Gasteiger partial charge in [-0.25, -0.2) is 0 Å². The molecule has 1 unspecified atom stereocenters. The molecular formula is C17H21ClN2O. The van der Waals surface area contributed by atoms with Gasteiger partial charge in [0.15, 0.2) is 0 Å². The Kier molecular flexibility index (Phi) is 5.21. The molecule has 1 aromatic heterocycles. The molecular weight excluding hydrogens is 284 g/mol. The lowest BCUT2D eigenvalue weighted by atomic mass is 10.1. The van der Waals surface area contributed by atoms with Crippen LogP contribution in [0.25, 0.3) is 0 Å². The highest BCUT2D eigenvalue weighted by atomic mass is 35.5. The van der Waals surface area contributed by atoms with Crippen LogP contribution >= 0.6 is 11.6 Å². The molecule has 21 heavy (non-hydrogen) atoms. The van der Waals surface area contributed by atoms with Crippen LogP contribution in [0, 0.1) is 0 Å². The molecule has 0 spiro atoms. The second kappa shape index (κ2) is 6.92. The highest BCUT2D eigenvalue weighted by Gasteiger charge is 2.15. The normalized spacial score (nSPS) is 13.8. The number of aliphatic hydroxyl groups excluding tert-OH is 1. The van der Waals surface area contributed by atoms with Crippen molar-refractivity contribution in [3.8, 4) is 0 Å². The summed E-state index contributed by atoms with van der Waals surface area (Å²) >= 11 is 6.26. The smallest absolute Gasteiger partial charge is 0.0957 e. The molecule has 1 heterocycles. The van der Waals surface area contributed by atoms with Gasteiger partial charge in [0.1, 0.15) is 0 Å². The van der Waals surface area contributed by atoms with Crippen molar-refractivity contribution in [2.45, 2.75) is 32.4 Å². The largest absolute Gasteiger partial charge is 0.387 e. The van der Waals surface area contributed by atoms with E-state index in [1.54, 1.807) is 6.20 Å². The molecule has 112 valence electrons. The summed E-state index contributed by atoms with van der Waals surface area (Å²) in [5, 5.41) is 10.6. The van der Waals surface area contributed by atoms with Gasteiger partial charge >= 0.3 is 0 Å². The summed E-state index contributed by atoms with van der Waals surface area (Å²) in [6.07, 6.45) is 1.96. The molecule has 2 aromatic rings. The molecule has 0 saturated carbocycles. The van der Waals surface area contributed by atoms with E-state index in [1.165, 1.54) is 0 Å². The highest BCUT2D eigenvalue weighted by molar-refractivity contribution is 6.31. The van der Waals surface area contributed by atoms with E-state index >= 15 is 0 Å². The zero-order valence-corrected chi connectivity index (χ0v) is 13.4. The number of hydrogen-bond acceptors (Lipinski definition) is 3. The summed E-state index contributed by atoms with van der Waals surface area (Å²) in [5.41, 5.74) is 2.79. The molecule has 1 aromatic carbocycles. The van der Waals surface area contributed by atoms with E-state index < -0.39 is 6.10 Å². The number of nitrogens with zero attached hydrogens (tertiary/aromatic N) is 2. The third kappa shape index (κ3) is 3.55. The van der Waals surface area contributed by atoms with E-state index in [1.807, 2.05) is 50.4 Å². The Bertz CT molecular complexity index is 586. The van der Waals surface area contributed by atoms with Crippen LogP contribution in [0.15, 0.2) is 42.6 Å². The molecule has 3 nitrogen and oxygen atoms in total. The monoisotopic (exact) mass is 304 g/mol. The third-order valence-corrected chi connectivity index (χ3v) is 4.19. The average molecular weight is 305 g/mol. The van der Waals surface area contributed by atoms with E-state index in [2.05, 4.69) is 16.8 Å². The van der Waals surface area contributed by atoms with Crippen LogP contribution in [0.2, 0.25) is 5.02 Å². The Hall–Kier alpha value is -1.58. The standard InChI is InChI=1S/C17H21ClN2O/c1-4-17(21)16-10-9-13(11-19-16)20(3)12(2)14-7-5-6-8-15(14)18/h5-12,17,21H,4H2,1-3H3/t12?,17-/m1/s1. The molecule has 0 aliphatic carbocycles. The fourth-order valence-corrected chi connectivity index (χ4v) is 2.55. The van der Waals surface area contributed by atoms with Crippen molar-refractivity contribution in [2.24, 2.45) is 0 Å². The van der Waals surface area contributed by atoms with Crippen LogP contribution in [0.3, 0.4) is 0 Å². The van der Waals surface area contributed by atoms with Crippen molar-refractivity contribution in [3.63, 3.8) is 0 Å². The number of aliphatic hydroxyl groups is 1. The van der Waals surface area contributed by atoms with E-state index in [9.17, 15) is 5.11 Å². The first-order valence-electron chi connectivity index (χ1n) is 7.15. The summed E-state index contributed by atoms with van der Waals surface area (Å²) in [7, 11) is 2.01. The molecule has 0 saturated heterocycles. The van der Waals surface area contributed by atoms with Gasteiger partial charge in [0.25, 0.3) is 0 Å². The zero-order valence-electron chi connectivity index (χ0n) is 12.6. The highest BCUT2D eigenvalue weighted by Crippen LogP contribution is 2.29. The van der Waals surface area contributed by atoms with Gasteiger partial charge in [0.05, 0.1) is 29.7 Å². The van der Waals surface area contributed by atoms with Gasteiger partial charge in [-0.3, -0.25) is 4.98 Å². The van der Waals surface area contributed by atoms with Crippen LogP contribution < -0.4 is 4.90 Å². The van der Waals surface area contributed by atoms with Gasteiger partial charge < -0.3 is 10.0 Å². The third-order valence-electron chi connectivity index (χ3n) is 3.84. The van der Waals surface area contributed by atoms with Gasteiger partial charge in [0, 0.05) is 12.1 Å². The molecule has 0 aliphatic heterocycles. The number of aromatic nitrogens is 1. The van der Waals surface area contributed by atoms with E-state index in [-0.39, 0.29) is 6.04 Å². The number of halogens is 1. The molecule has 0 amide bonds. The van der Waals surface area contributed by atoms with Crippen molar-refractivity contribution in [1.82, 2.24) is 4.98 Å². The average Bonchev–Trinajstić information content (AvgIpc) is 2.53. The maximum Gasteiger partial charge on any atom is 0.0957 e. The van der Waals surface area contributed by atoms with Crippen LogP contribution in [0.4, 0.5) is 5.69 Å². The van der Waals surface area contributed by atoms with E-state index in [0.29, 0.717) is 12.1 Å². The first kappa shape index (κ1) is 15.8. The number of rotatable bonds is 5. The van der Waals surface area contributed by atoms with Crippen molar-refractivity contribution < 1.29 is 5.11 Å². The lowest BCUT2D eigenvalue weighted by Gasteiger charge is -2.28. The summed E-state index contributed by atoms with van der Waals surface area (Å²) in [6.45, 7) is 4.04. The summed E-state index contributed by atoms with van der Waals surface area (Å²) in [5.74, 6) is 0. The van der Waals surface area contributed by atoms with Gasteiger partial charge in [0.2, 0.25) is 0 Å². The number of pyridine rings is 1. The van der Waals surface area contributed by atoms with Crippen LogP contribution in [-0.2, 0) is 0 Å². The van der Waals surface area contributed by atoms with Gasteiger partial charge in [-0.1, -0.05) is 36.7 Å². The van der Waals surface area contributed by atoms with Gasteiger partial charge in [-0.05, 0) is 37.1 Å². The minimum absolute atomic E-state index is 0.141. The Morgan fingerprint density at radius 2 is 1.95 bits per heavy atom. The molecule has 4 heteroatoms. The molecule has 0 aliphatic rings. The minimum atomic E-state index is -0.495. The van der Waals surface area contributed by atoms with Crippen molar-refractivity contribution in [2.75, 3.05) is 11.9 Å². The Balaban J connectivity index is 2.20. The van der Waals surface area contributed by atoms with Crippen molar-refractivity contribution in [3.05, 3.63) is 58.9 Å². The second-order valence-corrected chi connectivity index (χ2v) is 5.58. The first-order chi connectivity index (χ1) is 10.0. The number of hydrogen-bond donors (Lipinski definition) is 1. The quantitative estimate of drug-likeness (QED) is 0.890. The number of anilines is 1. The van der Waals surface area contributed by atoms with Crippen LogP contribution in [0.1, 0.15) is 43.7 Å². The first-order valence-corrected chi connectivity index (χ1v) is 7.53. The summed E-state index contributed by atoms with van der Waals surface area (Å²) in [4.78, 5) is 6.47. The minimum Gasteiger partial charge on any atom is -0.387 e. The van der Waals surface area contributed by atoms with E-state index in [4.69, 9.17) is 11.6 Å². The SMILES string of the molecule is CC[C@@H](O)c1ccc(N(C)C(C)c2ccccc2Cl)cn1. The predicted molar refractivity (Wildman–Crippen MR) is 87.8 cm³/mol. The van der Waals surface area contributed by atoms with Crippen LogP contribution in [0.5, 0.6) is 0 Å². The predicted octanol–water partition coefficient (Wildman–Crippen LogP) is 4.38.